The number of rotatable bonds is 4. The van der Waals surface area contributed by atoms with Crippen LogP contribution in [0.1, 0.15) is 37.4 Å². The van der Waals surface area contributed by atoms with Crippen LogP contribution in [-0.2, 0) is 4.74 Å². The zero-order valence-corrected chi connectivity index (χ0v) is 11.9. The molecule has 0 aromatic heterocycles. The summed E-state index contributed by atoms with van der Waals surface area (Å²) < 4.78 is 30.9. The molecule has 0 spiro atoms. The van der Waals surface area contributed by atoms with E-state index in [-0.39, 0.29) is 23.8 Å². The summed E-state index contributed by atoms with van der Waals surface area (Å²) in [5.41, 5.74) is 6.93. The molecule has 2 N–H and O–H groups in total. The molecule has 0 aliphatic carbocycles. The van der Waals surface area contributed by atoms with Crippen LogP contribution in [0.15, 0.2) is 24.3 Å². The highest BCUT2D eigenvalue weighted by atomic mass is 19.3. The summed E-state index contributed by atoms with van der Waals surface area (Å²) in [6.07, 6.45) is -2.11. The maximum atomic E-state index is 12.6. The normalized spacial score (nSPS) is 25.9. The molecule has 1 aliphatic rings. The number of morpholine rings is 1. The van der Waals surface area contributed by atoms with Gasteiger partial charge in [0, 0.05) is 31.2 Å². The van der Waals surface area contributed by atoms with Gasteiger partial charge in [0.15, 0.2) is 0 Å². The van der Waals surface area contributed by atoms with Crippen LogP contribution in [0.4, 0.5) is 8.78 Å². The largest absolute Gasteiger partial charge is 0.373 e. The highest BCUT2D eigenvalue weighted by Crippen LogP contribution is 2.26. The Morgan fingerprint density at radius 1 is 1.15 bits per heavy atom. The van der Waals surface area contributed by atoms with Gasteiger partial charge in [-0.2, -0.15) is 0 Å². The fourth-order valence-electron chi connectivity index (χ4n) is 2.83. The molecule has 0 radical (unpaired) electrons. The molecule has 1 heterocycles. The first-order valence-corrected chi connectivity index (χ1v) is 6.98. The van der Waals surface area contributed by atoms with Crippen LogP contribution < -0.4 is 5.73 Å². The van der Waals surface area contributed by atoms with Crippen molar-refractivity contribution < 1.29 is 13.5 Å². The second kappa shape index (κ2) is 6.61. The zero-order valence-electron chi connectivity index (χ0n) is 11.9. The minimum absolute atomic E-state index is 0.0493. The first-order valence-electron chi connectivity index (χ1n) is 6.98. The lowest BCUT2D eigenvalue weighted by Crippen LogP contribution is -2.48. The van der Waals surface area contributed by atoms with E-state index in [0.717, 1.165) is 18.7 Å². The molecule has 1 aromatic rings. The van der Waals surface area contributed by atoms with Crippen LogP contribution in [0.5, 0.6) is 0 Å². The molecule has 1 aliphatic heterocycles. The second-order valence-corrected chi connectivity index (χ2v) is 5.43. The van der Waals surface area contributed by atoms with Crippen molar-refractivity contribution >= 4 is 0 Å². The number of hydrogen-bond donors (Lipinski definition) is 1. The average molecular weight is 284 g/mol. The van der Waals surface area contributed by atoms with Crippen LogP contribution in [0.2, 0.25) is 0 Å². The molecule has 112 valence electrons. The Bertz CT molecular complexity index is 414. The molecular weight excluding hydrogens is 262 g/mol. The quantitative estimate of drug-likeness (QED) is 0.924. The monoisotopic (exact) mass is 284 g/mol. The van der Waals surface area contributed by atoms with E-state index >= 15 is 0 Å². The number of ether oxygens (including phenoxy) is 1. The maximum absolute atomic E-state index is 12.6. The molecule has 1 unspecified atom stereocenters. The minimum Gasteiger partial charge on any atom is -0.373 e. The molecule has 0 bridgehead atoms. The van der Waals surface area contributed by atoms with E-state index in [2.05, 4.69) is 4.90 Å². The Kier molecular flexibility index (Phi) is 5.07. The van der Waals surface area contributed by atoms with Crippen LogP contribution in [-0.4, -0.2) is 36.7 Å². The van der Waals surface area contributed by atoms with E-state index in [1.165, 1.54) is 12.1 Å². The fourth-order valence-corrected chi connectivity index (χ4v) is 2.83. The number of nitrogens with two attached hydrogens (primary N) is 1. The smallest absolute Gasteiger partial charge is 0.263 e. The molecule has 20 heavy (non-hydrogen) atoms. The SMILES string of the molecule is C[C@@H]1CN(C(CN)c2ccc(C(F)F)cc2)C[C@H](C)O1. The summed E-state index contributed by atoms with van der Waals surface area (Å²) in [6.45, 7) is 6.16. The molecule has 2 rings (SSSR count). The number of benzene rings is 1. The summed E-state index contributed by atoms with van der Waals surface area (Å²) in [5.74, 6) is 0. The number of hydrogen-bond acceptors (Lipinski definition) is 3. The predicted molar refractivity (Wildman–Crippen MR) is 74.8 cm³/mol. The molecule has 1 saturated heterocycles. The van der Waals surface area contributed by atoms with Crippen LogP contribution >= 0.6 is 0 Å². The highest BCUT2D eigenvalue weighted by molar-refractivity contribution is 5.26. The van der Waals surface area contributed by atoms with E-state index in [9.17, 15) is 8.78 Å². The molecule has 5 heteroatoms. The molecule has 0 amide bonds. The Morgan fingerprint density at radius 3 is 2.10 bits per heavy atom. The number of alkyl halides is 2. The van der Waals surface area contributed by atoms with Gasteiger partial charge in [-0.25, -0.2) is 8.78 Å². The fraction of sp³-hybridized carbons (Fsp3) is 0.600. The van der Waals surface area contributed by atoms with Gasteiger partial charge in [-0.15, -0.1) is 0 Å². The lowest BCUT2D eigenvalue weighted by molar-refractivity contribution is -0.0799. The minimum atomic E-state index is -2.43. The second-order valence-electron chi connectivity index (χ2n) is 5.43. The Hall–Kier alpha value is -1.04. The van der Waals surface area contributed by atoms with E-state index in [1.807, 2.05) is 13.8 Å². The molecule has 0 saturated carbocycles. The zero-order chi connectivity index (χ0) is 14.7. The van der Waals surface area contributed by atoms with Crippen molar-refractivity contribution in [3.05, 3.63) is 35.4 Å². The van der Waals surface area contributed by atoms with E-state index in [4.69, 9.17) is 10.5 Å². The average Bonchev–Trinajstić information content (AvgIpc) is 2.39. The van der Waals surface area contributed by atoms with Crippen molar-refractivity contribution in [1.82, 2.24) is 4.90 Å². The summed E-state index contributed by atoms with van der Waals surface area (Å²) in [5, 5.41) is 0. The molecule has 3 atom stereocenters. The summed E-state index contributed by atoms with van der Waals surface area (Å²) in [6, 6.07) is 6.52. The first-order chi connectivity index (χ1) is 9.51. The van der Waals surface area contributed by atoms with Gasteiger partial charge in [0.2, 0.25) is 0 Å². The van der Waals surface area contributed by atoms with Gasteiger partial charge >= 0.3 is 0 Å². The van der Waals surface area contributed by atoms with Crippen LogP contribution in [0, 0.1) is 0 Å². The lowest BCUT2D eigenvalue weighted by Gasteiger charge is -2.40. The summed E-state index contributed by atoms with van der Waals surface area (Å²) in [4.78, 5) is 2.27. The van der Waals surface area contributed by atoms with Crippen molar-refractivity contribution in [3.63, 3.8) is 0 Å². The van der Waals surface area contributed by atoms with Gasteiger partial charge in [0.05, 0.1) is 12.2 Å². The van der Waals surface area contributed by atoms with Gasteiger partial charge in [0.1, 0.15) is 0 Å². The van der Waals surface area contributed by atoms with Gasteiger partial charge in [-0.1, -0.05) is 24.3 Å². The van der Waals surface area contributed by atoms with E-state index < -0.39 is 6.43 Å². The topological polar surface area (TPSA) is 38.5 Å². The molecule has 1 fully saturated rings. The van der Waals surface area contributed by atoms with Crippen LogP contribution in [0.25, 0.3) is 0 Å². The predicted octanol–water partition coefficient (Wildman–Crippen LogP) is 2.73. The maximum Gasteiger partial charge on any atom is 0.263 e. The van der Waals surface area contributed by atoms with E-state index in [1.54, 1.807) is 12.1 Å². The summed E-state index contributed by atoms with van der Waals surface area (Å²) in [7, 11) is 0. The number of halogens is 2. The number of nitrogens with zero attached hydrogens (tertiary/aromatic N) is 1. The standard InChI is InChI=1S/C15H22F2N2O/c1-10-8-19(9-11(2)20-10)14(7-18)12-3-5-13(6-4-12)15(16)17/h3-6,10-11,14-15H,7-9,18H2,1-2H3/t10-,11+,14?. The van der Waals surface area contributed by atoms with Crippen molar-refractivity contribution in [3.8, 4) is 0 Å². The van der Waals surface area contributed by atoms with Crippen molar-refractivity contribution in [2.75, 3.05) is 19.6 Å². The third-order valence-electron chi connectivity index (χ3n) is 3.69. The van der Waals surface area contributed by atoms with Crippen molar-refractivity contribution in [2.24, 2.45) is 5.73 Å². The lowest BCUT2D eigenvalue weighted by atomic mass is 10.0. The Labute approximate surface area is 118 Å². The third kappa shape index (κ3) is 3.53. The van der Waals surface area contributed by atoms with Crippen LogP contribution in [0.3, 0.4) is 0 Å². The van der Waals surface area contributed by atoms with E-state index in [0.29, 0.717) is 6.54 Å². The van der Waals surface area contributed by atoms with Gasteiger partial charge in [0.25, 0.3) is 6.43 Å². The molecule has 1 aromatic carbocycles. The van der Waals surface area contributed by atoms with Gasteiger partial charge < -0.3 is 10.5 Å². The summed E-state index contributed by atoms with van der Waals surface area (Å²) >= 11 is 0. The third-order valence-corrected chi connectivity index (χ3v) is 3.69. The highest BCUT2D eigenvalue weighted by Gasteiger charge is 2.28. The molecular formula is C15H22F2N2O. The van der Waals surface area contributed by atoms with Crippen molar-refractivity contribution in [1.29, 1.82) is 0 Å². The Morgan fingerprint density at radius 2 is 1.65 bits per heavy atom. The molecule has 3 nitrogen and oxygen atoms in total. The van der Waals surface area contributed by atoms with Crippen molar-refractivity contribution in [2.45, 2.75) is 38.5 Å². The van der Waals surface area contributed by atoms with Gasteiger partial charge in [-0.05, 0) is 19.4 Å². The Balaban J connectivity index is 2.14. The van der Waals surface area contributed by atoms with Gasteiger partial charge in [-0.3, -0.25) is 4.90 Å². The first kappa shape index (κ1) is 15.4.